The Labute approximate surface area is 197 Å². The van der Waals surface area contributed by atoms with Crippen molar-refractivity contribution in [2.24, 2.45) is 0 Å². The number of nitrogens with one attached hydrogen (secondary N) is 1. The molecular formula is C23H28ClIN2O3. The van der Waals surface area contributed by atoms with E-state index in [1.165, 1.54) is 0 Å². The maximum atomic E-state index is 13.1. The number of hydrogen-bond donors (Lipinski definition) is 1. The predicted molar refractivity (Wildman–Crippen MR) is 129 cm³/mol. The Bertz CT molecular complexity index is 848. The van der Waals surface area contributed by atoms with E-state index in [1.54, 1.807) is 17.0 Å². The molecule has 0 aliphatic heterocycles. The average Bonchev–Trinajstić information content (AvgIpc) is 2.67. The van der Waals surface area contributed by atoms with Gasteiger partial charge in [-0.15, -0.1) is 0 Å². The van der Waals surface area contributed by atoms with Crippen LogP contribution in [0, 0.1) is 3.57 Å². The number of ether oxygens (including phenoxy) is 1. The fourth-order valence-electron chi connectivity index (χ4n) is 2.92. The number of halogens is 2. The fraction of sp³-hybridized carbons (Fsp3) is 0.391. The number of hydrogen-bond acceptors (Lipinski definition) is 3. The Balaban J connectivity index is 2.21. The Morgan fingerprint density at radius 2 is 1.70 bits per heavy atom. The van der Waals surface area contributed by atoms with Gasteiger partial charge < -0.3 is 15.0 Å². The maximum absolute atomic E-state index is 13.1. The molecule has 30 heavy (non-hydrogen) atoms. The summed E-state index contributed by atoms with van der Waals surface area (Å²) in [5, 5.41) is 3.61. The molecule has 0 aliphatic rings. The average molecular weight is 543 g/mol. The van der Waals surface area contributed by atoms with Crippen LogP contribution in [0.4, 0.5) is 0 Å². The summed E-state index contributed by atoms with van der Waals surface area (Å²) in [6.07, 6.45) is 0.491. The van der Waals surface area contributed by atoms with E-state index in [-0.39, 0.29) is 18.4 Å². The zero-order valence-electron chi connectivity index (χ0n) is 17.7. The summed E-state index contributed by atoms with van der Waals surface area (Å²) in [5.41, 5.74) is 0.501. The van der Waals surface area contributed by atoms with Crippen molar-refractivity contribution in [2.75, 3.05) is 6.61 Å². The van der Waals surface area contributed by atoms with Crippen molar-refractivity contribution < 1.29 is 14.3 Å². The molecule has 2 aromatic rings. The molecule has 0 aliphatic carbocycles. The molecule has 1 atom stereocenters. The third-order valence-electron chi connectivity index (χ3n) is 4.33. The first-order valence-corrected chi connectivity index (χ1v) is 11.3. The molecule has 2 rings (SSSR count). The standard InChI is InChI=1S/C23H28ClIN2O3/c1-5-20(22(29)26-23(2,3)4)27(14-16-6-8-17(24)9-7-16)21(28)15-30-19-12-10-18(25)11-13-19/h6-13,20H,5,14-15H2,1-4H3,(H,26,29). The minimum absolute atomic E-state index is 0.145. The van der Waals surface area contributed by atoms with Gasteiger partial charge in [-0.05, 0) is 91.7 Å². The number of carbonyl (C=O) groups excluding carboxylic acids is 2. The van der Waals surface area contributed by atoms with E-state index < -0.39 is 11.6 Å². The van der Waals surface area contributed by atoms with Crippen LogP contribution in [0.15, 0.2) is 48.5 Å². The van der Waals surface area contributed by atoms with Crippen LogP contribution in [0.1, 0.15) is 39.7 Å². The van der Waals surface area contributed by atoms with Gasteiger partial charge >= 0.3 is 0 Å². The lowest BCUT2D eigenvalue weighted by Crippen LogP contribution is -2.54. The minimum Gasteiger partial charge on any atom is -0.484 e. The van der Waals surface area contributed by atoms with Crippen LogP contribution < -0.4 is 10.1 Å². The summed E-state index contributed by atoms with van der Waals surface area (Å²) in [6, 6.07) is 14.1. The highest BCUT2D eigenvalue weighted by molar-refractivity contribution is 14.1. The van der Waals surface area contributed by atoms with Gasteiger partial charge in [0.25, 0.3) is 5.91 Å². The molecule has 0 saturated carbocycles. The third kappa shape index (κ3) is 7.80. The first-order chi connectivity index (χ1) is 14.1. The molecule has 2 aromatic carbocycles. The summed E-state index contributed by atoms with van der Waals surface area (Å²) in [6.45, 7) is 7.80. The number of nitrogens with zero attached hydrogens (tertiary/aromatic N) is 1. The van der Waals surface area contributed by atoms with E-state index in [0.717, 1.165) is 9.13 Å². The van der Waals surface area contributed by atoms with Crippen molar-refractivity contribution in [3.05, 3.63) is 62.7 Å². The van der Waals surface area contributed by atoms with Gasteiger partial charge in [-0.2, -0.15) is 0 Å². The van der Waals surface area contributed by atoms with Crippen LogP contribution in [-0.2, 0) is 16.1 Å². The smallest absolute Gasteiger partial charge is 0.261 e. The van der Waals surface area contributed by atoms with E-state index in [4.69, 9.17) is 16.3 Å². The summed E-state index contributed by atoms with van der Waals surface area (Å²) in [7, 11) is 0. The summed E-state index contributed by atoms with van der Waals surface area (Å²) in [5.74, 6) is 0.184. The molecule has 7 heteroatoms. The lowest BCUT2D eigenvalue weighted by atomic mass is 10.1. The van der Waals surface area contributed by atoms with E-state index in [2.05, 4.69) is 27.9 Å². The predicted octanol–water partition coefficient (Wildman–Crippen LogP) is 5.05. The second-order valence-corrected chi connectivity index (χ2v) is 9.74. The second kappa shape index (κ2) is 11.0. The van der Waals surface area contributed by atoms with Gasteiger partial charge in [-0.3, -0.25) is 9.59 Å². The second-order valence-electron chi connectivity index (χ2n) is 8.05. The molecular weight excluding hydrogens is 515 g/mol. The van der Waals surface area contributed by atoms with E-state index >= 15 is 0 Å². The fourth-order valence-corrected chi connectivity index (χ4v) is 3.40. The molecule has 1 unspecified atom stereocenters. The van der Waals surface area contributed by atoms with Gasteiger partial charge in [0.05, 0.1) is 0 Å². The Kier molecular flexibility index (Phi) is 8.97. The first-order valence-electron chi connectivity index (χ1n) is 9.83. The van der Waals surface area contributed by atoms with E-state index in [9.17, 15) is 9.59 Å². The van der Waals surface area contributed by atoms with Gasteiger partial charge in [-0.25, -0.2) is 0 Å². The zero-order valence-corrected chi connectivity index (χ0v) is 20.7. The summed E-state index contributed by atoms with van der Waals surface area (Å²) >= 11 is 8.20. The third-order valence-corrected chi connectivity index (χ3v) is 5.30. The minimum atomic E-state index is -0.604. The van der Waals surface area contributed by atoms with Crippen molar-refractivity contribution in [2.45, 2.75) is 52.2 Å². The normalized spacial score (nSPS) is 12.2. The highest BCUT2D eigenvalue weighted by Gasteiger charge is 2.30. The van der Waals surface area contributed by atoms with Crippen LogP contribution in [0.5, 0.6) is 5.75 Å². The highest BCUT2D eigenvalue weighted by atomic mass is 127. The molecule has 1 N–H and O–H groups in total. The van der Waals surface area contributed by atoms with Crippen molar-refractivity contribution in [1.82, 2.24) is 10.2 Å². The van der Waals surface area contributed by atoms with Crippen LogP contribution in [0.25, 0.3) is 0 Å². The number of benzene rings is 2. The van der Waals surface area contributed by atoms with Gasteiger partial charge in [0.2, 0.25) is 5.91 Å². The molecule has 5 nitrogen and oxygen atoms in total. The first kappa shape index (κ1) is 24.5. The summed E-state index contributed by atoms with van der Waals surface area (Å²) in [4.78, 5) is 27.6. The molecule has 0 bridgehead atoms. The largest absolute Gasteiger partial charge is 0.484 e. The molecule has 0 fully saturated rings. The van der Waals surface area contributed by atoms with Crippen molar-refractivity contribution in [3.8, 4) is 5.75 Å². The monoisotopic (exact) mass is 542 g/mol. The SMILES string of the molecule is CCC(C(=O)NC(C)(C)C)N(Cc1ccc(Cl)cc1)C(=O)COc1ccc(I)cc1. The molecule has 2 amide bonds. The van der Waals surface area contributed by atoms with Crippen LogP contribution in [0.2, 0.25) is 5.02 Å². The number of carbonyl (C=O) groups is 2. The van der Waals surface area contributed by atoms with Crippen molar-refractivity contribution in [1.29, 1.82) is 0 Å². The maximum Gasteiger partial charge on any atom is 0.261 e. The molecule has 0 saturated heterocycles. The Hall–Kier alpha value is -1.80. The zero-order chi connectivity index (χ0) is 22.3. The Morgan fingerprint density at radius 1 is 1.10 bits per heavy atom. The highest BCUT2D eigenvalue weighted by Crippen LogP contribution is 2.18. The number of rotatable bonds is 8. The van der Waals surface area contributed by atoms with E-state index in [1.807, 2.05) is 64.1 Å². The van der Waals surface area contributed by atoms with E-state index in [0.29, 0.717) is 23.7 Å². The molecule has 0 radical (unpaired) electrons. The van der Waals surface area contributed by atoms with Crippen molar-refractivity contribution in [3.63, 3.8) is 0 Å². The lowest BCUT2D eigenvalue weighted by Gasteiger charge is -2.33. The van der Waals surface area contributed by atoms with Gasteiger partial charge in [-0.1, -0.05) is 30.7 Å². The topological polar surface area (TPSA) is 58.6 Å². The summed E-state index contributed by atoms with van der Waals surface area (Å²) < 4.78 is 6.77. The Morgan fingerprint density at radius 3 is 2.23 bits per heavy atom. The van der Waals surface area contributed by atoms with Gasteiger partial charge in [0.15, 0.2) is 6.61 Å². The van der Waals surface area contributed by atoms with Crippen molar-refractivity contribution >= 4 is 46.0 Å². The number of amides is 2. The van der Waals surface area contributed by atoms with Gasteiger partial charge in [0, 0.05) is 20.7 Å². The van der Waals surface area contributed by atoms with Gasteiger partial charge in [0.1, 0.15) is 11.8 Å². The van der Waals surface area contributed by atoms with Crippen LogP contribution in [-0.4, -0.2) is 34.9 Å². The lowest BCUT2D eigenvalue weighted by molar-refractivity contribution is -0.143. The molecule has 0 aromatic heterocycles. The van der Waals surface area contributed by atoms with Crippen LogP contribution >= 0.6 is 34.2 Å². The molecule has 162 valence electrons. The quantitative estimate of drug-likeness (QED) is 0.475. The molecule has 0 heterocycles. The van der Waals surface area contributed by atoms with Crippen LogP contribution in [0.3, 0.4) is 0 Å². The molecule has 0 spiro atoms.